The van der Waals surface area contributed by atoms with Crippen LogP contribution in [0.4, 0.5) is 0 Å². The van der Waals surface area contributed by atoms with Crippen molar-refractivity contribution in [3.63, 3.8) is 0 Å². The molecule has 0 aromatic heterocycles. The first-order valence-electron chi connectivity index (χ1n) is 17.3. The van der Waals surface area contributed by atoms with Crippen molar-refractivity contribution in [2.75, 3.05) is 19.8 Å². The molecule has 0 spiro atoms. The van der Waals surface area contributed by atoms with Gasteiger partial charge in [-0.15, -0.1) is 0 Å². The van der Waals surface area contributed by atoms with Gasteiger partial charge < -0.3 is 14.2 Å². The summed E-state index contributed by atoms with van der Waals surface area (Å²) in [6.45, 7) is 9.00. The summed E-state index contributed by atoms with van der Waals surface area (Å²) in [5.74, 6) is 2.08. The summed E-state index contributed by atoms with van der Waals surface area (Å²) in [4.78, 5) is 23.2. The van der Waals surface area contributed by atoms with Crippen molar-refractivity contribution in [3.05, 3.63) is 66.2 Å². The summed E-state index contributed by atoms with van der Waals surface area (Å²) >= 11 is 0. The third-order valence-electron chi connectivity index (χ3n) is 8.81. The maximum absolute atomic E-state index is 11.9. The molecule has 1 fully saturated rings. The number of unbranched alkanes of at least 4 members (excludes halogenated alkanes) is 7. The number of hydrogen-bond acceptors (Lipinski definition) is 5. The first-order valence-corrected chi connectivity index (χ1v) is 17.3. The summed E-state index contributed by atoms with van der Waals surface area (Å²) in [5, 5.41) is 0. The lowest BCUT2D eigenvalue weighted by Gasteiger charge is -2.29. The van der Waals surface area contributed by atoms with E-state index in [4.69, 9.17) is 14.2 Å². The first kappa shape index (κ1) is 35.4. The zero-order valence-corrected chi connectivity index (χ0v) is 27.5. The van der Waals surface area contributed by atoms with E-state index in [1.807, 2.05) is 0 Å². The minimum Gasteiger partial charge on any atom is -0.494 e. The molecule has 1 saturated carbocycles. The Hall–Kier alpha value is -3.08. The highest BCUT2D eigenvalue weighted by Crippen LogP contribution is 2.38. The second kappa shape index (κ2) is 20.8. The zero-order valence-electron chi connectivity index (χ0n) is 27.5. The number of carbonyl (C=O) groups is 2. The van der Waals surface area contributed by atoms with Crippen LogP contribution in [0.25, 0.3) is 11.1 Å². The minimum atomic E-state index is -0.360. The molecule has 5 heteroatoms. The van der Waals surface area contributed by atoms with Gasteiger partial charge in [0.25, 0.3) is 0 Å². The van der Waals surface area contributed by atoms with Gasteiger partial charge in [-0.05, 0) is 118 Å². The highest BCUT2D eigenvalue weighted by atomic mass is 16.5. The Kier molecular flexibility index (Phi) is 16.7. The first-order chi connectivity index (χ1) is 21.5. The third kappa shape index (κ3) is 13.7. The molecular weight excluding hydrogens is 548 g/mol. The summed E-state index contributed by atoms with van der Waals surface area (Å²) in [7, 11) is 0. The maximum Gasteiger partial charge on any atom is 0.333 e. The van der Waals surface area contributed by atoms with E-state index in [0.717, 1.165) is 62.5 Å². The Morgan fingerprint density at radius 2 is 1.30 bits per heavy atom. The topological polar surface area (TPSA) is 61.8 Å². The molecule has 3 rings (SSSR count). The van der Waals surface area contributed by atoms with Gasteiger partial charge in [0.1, 0.15) is 5.75 Å². The molecule has 5 nitrogen and oxygen atoms in total. The molecule has 0 heterocycles. The van der Waals surface area contributed by atoms with Crippen LogP contribution >= 0.6 is 0 Å². The van der Waals surface area contributed by atoms with E-state index in [2.05, 4.69) is 62.0 Å². The van der Waals surface area contributed by atoms with Crippen LogP contribution in [-0.2, 0) is 19.1 Å². The largest absolute Gasteiger partial charge is 0.494 e. The highest BCUT2D eigenvalue weighted by molar-refractivity contribution is 5.86. The monoisotopic (exact) mass is 604 g/mol. The molecule has 0 radical (unpaired) electrons. The van der Waals surface area contributed by atoms with Crippen molar-refractivity contribution in [2.45, 2.75) is 122 Å². The van der Waals surface area contributed by atoms with Crippen LogP contribution in [0.1, 0.15) is 128 Å². The molecule has 0 saturated heterocycles. The molecular formula is C39H56O5. The van der Waals surface area contributed by atoms with Gasteiger partial charge >= 0.3 is 11.9 Å². The van der Waals surface area contributed by atoms with Crippen LogP contribution in [0.15, 0.2) is 60.7 Å². The molecule has 2 aromatic rings. The molecule has 2 aromatic carbocycles. The molecule has 44 heavy (non-hydrogen) atoms. The van der Waals surface area contributed by atoms with Crippen molar-refractivity contribution in [3.8, 4) is 16.9 Å². The van der Waals surface area contributed by atoms with Gasteiger partial charge in [0.2, 0.25) is 0 Å². The molecule has 0 bridgehead atoms. The average molecular weight is 605 g/mol. The van der Waals surface area contributed by atoms with E-state index in [-0.39, 0.29) is 11.9 Å². The fraction of sp³-hybridized carbons (Fsp3) is 0.590. The lowest BCUT2D eigenvalue weighted by Crippen LogP contribution is -2.13. The van der Waals surface area contributed by atoms with E-state index >= 15 is 0 Å². The van der Waals surface area contributed by atoms with Crippen molar-refractivity contribution < 1.29 is 23.8 Å². The fourth-order valence-corrected chi connectivity index (χ4v) is 6.00. The van der Waals surface area contributed by atoms with E-state index in [9.17, 15) is 9.59 Å². The van der Waals surface area contributed by atoms with E-state index in [0.29, 0.717) is 31.8 Å². The molecule has 242 valence electrons. The number of rotatable bonds is 21. The SMILES string of the molecule is C=C(C)C(=O)OCCCCCC(=O)OCCCCCCOc1ccc(-c2ccc(C3CCC(CCCCC)CC3)cc2)cc1. The molecule has 1 aliphatic rings. The Morgan fingerprint density at radius 1 is 0.705 bits per heavy atom. The standard InChI is InChI=1S/C39H56O5/c1-4-5-9-14-32-16-18-33(19-17-32)34-20-22-35(23-21-34)36-24-26-37(27-25-36)42-28-11-6-7-12-29-43-38(40)15-10-8-13-30-44-39(41)31(2)3/h20-27,32-33H,2,4-19,28-30H2,1,3H3. The molecule has 0 aliphatic heterocycles. The second-order valence-corrected chi connectivity index (χ2v) is 12.6. The fourth-order valence-electron chi connectivity index (χ4n) is 6.00. The van der Waals surface area contributed by atoms with Gasteiger partial charge in [-0.1, -0.05) is 75.6 Å². The number of ether oxygens (including phenoxy) is 3. The van der Waals surface area contributed by atoms with Crippen LogP contribution in [0.5, 0.6) is 5.75 Å². The number of carbonyl (C=O) groups excluding carboxylic acids is 2. The van der Waals surface area contributed by atoms with Crippen LogP contribution in [0, 0.1) is 5.92 Å². The molecule has 0 amide bonds. The van der Waals surface area contributed by atoms with Crippen molar-refractivity contribution in [1.82, 2.24) is 0 Å². The van der Waals surface area contributed by atoms with Gasteiger partial charge in [-0.25, -0.2) is 4.79 Å². The van der Waals surface area contributed by atoms with Crippen LogP contribution in [-0.4, -0.2) is 31.8 Å². The number of esters is 2. The van der Waals surface area contributed by atoms with Gasteiger partial charge in [-0.3, -0.25) is 4.79 Å². The van der Waals surface area contributed by atoms with Gasteiger partial charge in [0.15, 0.2) is 0 Å². The summed E-state index contributed by atoms with van der Waals surface area (Å²) in [5.41, 5.74) is 4.40. The normalized spacial score (nSPS) is 16.3. The average Bonchev–Trinajstić information content (AvgIpc) is 3.04. The summed E-state index contributed by atoms with van der Waals surface area (Å²) < 4.78 is 16.3. The van der Waals surface area contributed by atoms with Gasteiger partial charge in [0, 0.05) is 12.0 Å². The van der Waals surface area contributed by atoms with E-state index in [1.165, 1.54) is 68.1 Å². The molecule has 1 aliphatic carbocycles. The van der Waals surface area contributed by atoms with Gasteiger partial charge in [-0.2, -0.15) is 0 Å². The predicted octanol–water partition coefficient (Wildman–Crippen LogP) is 10.4. The van der Waals surface area contributed by atoms with Gasteiger partial charge in [0.05, 0.1) is 19.8 Å². The lowest BCUT2D eigenvalue weighted by molar-refractivity contribution is -0.144. The Morgan fingerprint density at radius 3 is 1.93 bits per heavy atom. The zero-order chi connectivity index (χ0) is 31.4. The van der Waals surface area contributed by atoms with Crippen LogP contribution in [0.2, 0.25) is 0 Å². The smallest absolute Gasteiger partial charge is 0.333 e. The Balaban J connectivity index is 1.20. The molecule has 0 atom stereocenters. The molecule has 0 unspecified atom stereocenters. The van der Waals surface area contributed by atoms with E-state index in [1.54, 1.807) is 6.92 Å². The lowest BCUT2D eigenvalue weighted by atomic mass is 9.77. The van der Waals surface area contributed by atoms with E-state index < -0.39 is 0 Å². The Bertz CT molecular complexity index is 1100. The second-order valence-electron chi connectivity index (χ2n) is 12.6. The number of benzene rings is 2. The quantitative estimate of drug-likeness (QED) is 0.0806. The third-order valence-corrected chi connectivity index (χ3v) is 8.81. The molecule has 0 N–H and O–H groups in total. The van der Waals surface area contributed by atoms with Crippen molar-refractivity contribution in [2.24, 2.45) is 5.92 Å². The minimum absolute atomic E-state index is 0.151. The summed E-state index contributed by atoms with van der Waals surface area (Å²) in [6, 6.07) is 17.7. The maximum atomic E-state index is 11.9. The van der Waals surface area contributed by atoms with Crippen LogP contribution < -0.4 is 4.74 Å². The van der Waals surface area contributed by atoms with Crippen molar-refractivity contribution in [1.29, 1.82) is 0 Å². The highest BCUT2D eigenvalue weighted by Gasteiger charge is 2.22. The Labute approximate surface area is 266 Å². The number of hydrogen-bond donors (Lipinski definition) is 0. The summed E-state index contributed by atoms with van der Waals surface area (Å²) in [6.07, 6.45) is 17.7. The van der Waals surface area contributed by atoms with Crippen molar-refractivity contribution >= 4 is 11.9 Å². The van der Waals surface area contributed by atoms with Crippen LogP contribution in [0.3, 0.4) is 0 Å². The predicted molar refractivity (Wildman–Crippen MR) is 180 cm³/mol.